The van der Waals surface area contributed by atoms with Gasteiger partial charge in [-0.1, -0.05) is 16.8 Å². The van der Waals surface area contributed by atoms with Crippen LogP contribution in [0.5, 0.6) is 0 Å². The highest BCUT2D eigenvalue weighted by Crippen LogP contribution is 2.30. The van der Waals surface area contributed by atoms with Crippen LogP contribution in [0.4, 0.5) is 0 Å². The van der Waals surface area contributed by atoms with Gasteiger partial charge in [0.2, 0.25) is 0 Å². The third-order valence-electron chi connectivity index (χ3n) is 3.12. The highest BCUT2D eigenvalue weighted by Gasteiger charge is 2.21. The first-order valence-corrected chi connectivity index (χ1v) is 7.38. The van der Waals surface area contributed by atoms with Crippen LogP contribution in [-0.2, 0) is 4.74 Å². The number of nitrogens with zero attached hydrogens (tertiary/aromatic N) is 2. The number of hydrogen-bond donors (Lipinski definition) is 1. The molecule has 0 bridgehead atoms. The standard InChI is InChI=1S/C12H14ClN3O2S/c13-10-5-4-9(19-10)12-15-11(16-18-12)8(14)6-17-7-2-1-3-7/h4-5,7-8H,1-3,6,14H2. The van der Waals surface area contributed by atoms with Gasteiger partial charge < -0.3 is 15.0 Å². The number of rotatable bonds is 5. The first-order valence-electron chi connectivity index (χ1n) is 6.19. The summed E-state index contributed by atoms with van der Waals surface area (Å²) in [6.07, 6.45) is 3.84. The lowest BCUT2D eigenvalue weighted by Crippen LogP contribution is -2.27. The van der Waals surface area contributed by atoms with Crippen LogP contribution in [0.1, 0.15) is 31.1 Å². The van der Waals surface area contributed by atoms with Crippen LogP contribution >= 0.6 is 22.9 Å². The Labute approximate surface area is 119 Å². The number of hydrogen-bond acceptors (Lipinski definition) is 6. The molecular weight excluding hydrogens is 286 g/mol. The van der Waals surface area contributed by atoms with Crippen molar-refractivity contribution in [1.82, 2.24) is 10.1 Å². The van der Waals surface area contributed by atoms with E-state index in [1.165, 1.54) is 17.8 Å². The van der Waals surface area contributed by atoms with E-state index in [0.717, 1.165) is 17.7 Å². The molecule has 0 saturated heterocycles. The van der Waals surface area contributed by atoms with E-state index < -0.39 is 0 Å². The topological polar surface area (TPSA) is 74.2 Å². The first-order chi connectivity index (χ1) is 9.22. The highest BCUT2D eigenvalue weighted by molar-refractivity contribution is 7.19. The van der Waals surface area contributed by atoms with E-state index in [2.05, 4.69) is 10.1 Å². The molecule has 0 spiro atoms. The van der Waals surface area contributed by atoms with Crippen molar-refractivity contribution in [2.75, 3.05) is 6.61 Å². The van der Waals surface area contributed by atoms with Crippen LogP contribution in [0.25, 0.3) is 10.8 Å². The van der Waals surface area contributed by atoms with Crippen molar-refractivity contribution in [3.63, 3.8) is 0 Å². The summed E-state index contributed by atoms with van der Waals surface area (Å²) in [5.41, 5.74) is 5.99. The number of nitrogens with two attached hydrogens (primary N) is 1. The van der Waals surface area contributed by atoms with E-state index in [-0.39, 0.29) is 6.04 Å². The molecule has 1 fully saturated rings. The van der Waals surface area contributed by atoms with E-state index in [1.54, 1.807) is 6.07 Å². The average molecular weight is 300 g/mol. The quantitative estimate of drug-likeness (QED) is 0.918. The maximum atomic E-state index is 5.99. The lowest BCUT2D eigenvalue weighted by molar-refractivity contribution is -0.00549. The van der Waals surface area contributed by atoms with Gasteiger partial charge >= 0.3 is 0 Å². The Hall–Kier alpha value is -0.950. The molecule has 0 amide bonds. The molecule has 2 aromatic heterocycles. The summed E-state index contributed by atoms with van der Waals surface area (Å²) in [6.45, 7) is 0.425. The van der Waals surface area contributed by atoms with Crippen molar-refractivity contribution in [1.29, 1.82) is 0 Å². The number of thiophene rings is 1. The zero-order chi connectivity index (χ0) is 13.2. The first kappa shape index (κ1) is 13.1. The average Bonchev–Trinajstić information content (AvgIpc) is 2.94. The van der Waals surface area contributed by atoms with Crippen LogP contribution in [0.15, 0.2) is 16.7 Å². The summed E-state index contributed by atoms with van der Waals surface area (Å²) < 4.78 is 11.5. The summed E-state index contributed by atoms with van der Waals surface area (Å²) in [6, 6.07) is 3.29. The maximum Gasteiger partial charge on any atom is 0.268 e. The van der Waals surface area contributed by atoms with Crippen molar-refractivity contribution >= 4 is 22.9 Å². The highest BCUT2D eigenvalue weighted by atomic mass is 35.5. The Kier molecular flexibility index (Phi) is 3.83. The van der Waals surface area contributed by atoms with Gasteiger partial charge in [0, 0.05) is 0 Å². The van der Waals surface area contributed by atoms with Crippen LogP contribution in [0.3, 0.4) is 0 Å². The summed E-state index contributed by atoms with van der Waals surface area (Å²) in [4.78, 5) is 5.13. The fraction of sp³-hybridized carbons (Fsp3) is 0.500. The van der Waals surface area contributed by atoms with Gasteiger partial charge in [-0.05, 0) is 31.4 Å². The molecule has 1 saturated carbocycles. The van der Waals surface area contributed by atoms with E-state index in [9.17, 15) is 0 Å². The minimum absolute atomic E-state index is 0.353. The van der Waals surface area contributed by atoms with Gasteiger partial charge in [-0.15, -0.1) is 11.3 Å². The molecule has 0 radical (unpaired) electrons. The van der Waals surface area contributed by atoms with E-state index >= 15 is 0 Å². The van der Waals surface area contributed by atoms with Gasteiger partial charge in [0.1, 0.15) is 0 Å². The summed E-state index contributed by atoms with van der Waals surface area (Å²) in [7, 11) is 0. The Balaban J connectivity index is 1.63. The fourth-order valence-corrected chi connectivity index (χ4v) is 2.73. The predicted molar refractivity (Wildman–Crippen MR) is 73.1 cm³/mol. The van der Waals surface area contributed by atoms with Crippen LogP contribution in [0.2, 0.25) is 4.34 Å². The SMILES string of the molecule is NC(COC1CCC1)c1noc(-c2ccc(Cl)s2)n1. The predicted octanol–water partition coefficient (Wildman–Crippen LogP) is 3.02. The second-order valence-electron chi connectivity index (χ2n) is 4.55. The zero-order valence-electron chi connectivity index (χ0n) is 10.2. The Morgan fingerprint density at radius 3 is 3.00 bits per heavy atom. The molecule has 102 valence electrons. The minimum Gasteiger partial charge on any atom is -0.376 e. The minimum atomic E-state index is -0.353. The van der Waals surface area contributed by atoms with Crippen molar-refractivity contribution < 1.29 is 9.26 Å². The molecule has 1 aliphatic carbocycles. The summed E-state index contributed by atoms with van der Waals surface area (Å²) in [5, 5.41) is 3.90. The normalized spacial score (nSPS) is 17.4. The molecule has 2 heterocycles. The smallest absolute Gasteiger partial charge is 0.268 e. The van der Waals surface area contributed by atoms with Crippen molar-refractivity contribution in [2.45, 2.75) is 31.4 Å². The molecular formula is C12H14ClN3O2S. The van der Waals surface area contributed by atoms with Crippen LogP contribution in [0, 0.1) is 0 Å². The lowest BCUT2D eigenvalue weighted by atomic mass is 9.96. The largest absolute Gasteiger partial charge is 0.376 e. The van der Waals surface area contributed by atoms with Crippen molar-refractivity contribution in [2.24, 2.45) is 5.73 Å². The van der Waals surface area contributed by atoms with Crippen molar-refractivity contribution in [3.05, 3.63) is 22.3 Å². The summed E-state index contributed by atoms with van der Waals surface area (Å²) in [5.74, 6) is 0.921. The van der Waals surface area contributed by atoms with Crippen LogP contribution in [-0.4, -0.2) is 22.9 Å². The Morgan fingerprint density at radius 1 is 1.53 bits per heavy atom. The maximum absolute atomic E-state index is 5.99. The Morgan fingerprint density at radius 2 is 2.37 bits per heavy atom. The van der Waals surface area contributed by atoms with Gasteiger partial charge in [-0.3, -0.25) is 0 Å². The number of ether oxygens (including phenoxy) is 1. The molecule has 1 aliphatic rings. The Bertz CT molecular complexity index is 553. The molecule has 0 aromatic carbocycles. The summed E-state index contributed by atoms with van der Waals surface area (Å²) >= 11 is 7.26. The van der Waals surface area contributed by atoms with E-state index in [1.807, 2.05) is 6.07 Å². The molecule has 2 N–H and O–H groups in total. The fourth-order valence-electron chi connectivity index (χ4n) is 1.77. The van der Waals surface area contributed by atoms with Gasteiger partial charge in [0.05, 0.1) is 28.0 Å². The number of halogens is 1. The van der Waals surface area contributed by atoms with Gasteiger partial charge in [-0.25, -0.2) is 0 Å². The molecule has 5 nitrogen and oxygen atoms in total. The molecule has 3 rings (SSSR count). The van der Waals surface area contributed by atoms with Gasteiger partial charge in [0.15, 0.2) is 5.82 Å². The third-order valence-corrected chi connectivity index (χ3v) is 4.34. The van der Waals surface area contributed by atoms with Gasteiger partial charge in [-0.2, -0.15) is 4.98 Å². The van der Waals surface area contributed by atoms with Crippen LogP contribution < -0.4 is 5.73 Å². The van der Waals surface area contributed by atoms with E-state index in [0.29, 0.717) is 28.8 Å². The monoisotopic (exact) mass is 299 g/mol. The molecule has 0 aliphatic heterocycles. The molecule has 1 atom stereocenters. The van der Waals surface area contributed by atoms with Crippen molar-refractivity contribution in [3.8, 4) is 10.8 Å². The van der Waals surface area contributed by atoms with Gasteiger partial charge in [0.25, 0.3) is 5.89 Å². The third kappa shape index (κ3) is 2.97. The second kappa shape index (κ2) is 5.58. The lowest BCUT2D eigenvalue weighted by Gasteiger charge is -2.26. The molecule has 19 heavy (non-hydrogen) atoms. The number of aromatic nitrogens is 2. The zero-order valence-corrected chi connectivity index (χ0v) is 11.8. The molecule has 1 unspecified atom stereocenters. The molecule has 2 aromatic rings. The van der Waals surface area contributed by atoms with E-state index in [4.69, 9.17) is 26.6 Å². The molecule has 7 heteroatoms. The second-order valence-corrected chi connectivity index (χ2v) is 6.27.